The fourth-order valence-electron chi connectivity index (χ4n) is 2.06. The lowest BCUT2D eigenvalue weighted by atomic mass is 10.0. The van der Waals surface area contributed by atoms with Gasteiger partial charge in [-0.2, -0.15) is 0 Å². The number of hydrogen-bond donors (Lipinski definition) is 2. The van der Waals surface area contributed by atoms with Gasteiger partial charge in [-0.15, -0.1) is 0 Å². The van der Waals surface area contributed by atoms with Gasteiger partial charge in [0.05, 0.1) is 8.95 Å². The van der Waals surface area contributed by atoms with Crippen molar-refractivity contribution < 1.29 is 10.2 Å². The molecule has 0 aliphatic carbocycles. The first-order valence-electron chi connectivity index (χ1n) is 5.84. The number of phenols is 2. The lowest BCUT2D eigenvalue weighted by Crippen LogP contribution is -1.92. The zero-order chi connectivity index (χ0) is 14.2. The second-order valence-corrected chi connectivity index (χ2v) is 6.37. The van der Waals surface area contributed by atoms with Crippen molar-refractivity contribution in [1.29, 1.82) is 0 Å². The first-order valence-corrected chi connectivity index (χ1v) is 7.43. The maximum atomic E-state index is 9.73. The third kappa shape index (κ3) is 3.12. The molecule has 4 heteroatoms. The molecule has 0 atom stereocenters. The van der Waals surface area contributed by atoms with E-state index in [1.54, 1.807) is 0 Å². The summed E-state index contributed by atoms with van der Waals surface area (Å²) in [6.45, 7) is 3.75. The van der Waals surface area contributed by atoms with E-state index in [1.165, 1.54) is 0 Å². The Hall–Kier alpha value is -1.00. The normalized spacial score (nSPS) is 10.7. The smallest absolute Gasteiger partial charge is 0.132 e. The van der Waals surface area contributed by atoms with Gasteiger partial charge in [-0.3, -0.25) is 0 Å². The molecule has 0 radical (unpaired) electrons. The van der Waals surface area contributed by atoms with Crippen molar-refractivity contribution >= 4 is 31.9 Å². The maximum Gasteiger partial charge on any atom is 0.132 e. The van der Waals surface area contributed by atoms with Gasteiger partial charge in [0.15, 0.2) is 0 Å². The summed E-state index contributed by atoms with van der Waals surface area (Å²) in [5, 5.41) is 19.5. The predicted octanol–water partition coefficient (Wildman–Crippen LogP) is 4.83. The summed E-state index contributed by atoms with van der Waals surface area (Å²) in [7, 11) is 0. The molecule has 0 aliphatic rings. The number of halogens is 2. The minimum atomic E-state index is 0.284. The Morgan fingerprint density at radius 2 is 1.16 bits per heavy atom. The minimum Gasteiger partial charge on any atom is -0.506 e. The van der Waals surface area contributed by atoms with Gasteiger partial charge >= 0.3 is 0 Å². The van der Waals surface area contributed by atoms with E-state index >= 15 is 0 Å². The molecule has 0 aromatic heterocycles. The number of rotatable bonds is 2. The molecular formula is C15H14Br2O2. The lowest BCUT2D eigenvalue weighted by Gasteiger charge is -2.09. The van der Waals surface area contributed by atoms with E-state index in [9.17, 15) is 10.2 Å². The molecule has 2 aromatic rings. The molecule has 2 rings (SSSR count). The van der Waals surface area contributed by atoms with Gasteiger partial charge in [-0.25, -0.2) is 0 Å². The Morgan fingerprint density at radius 3 is 1.47 bits per heavy atom. The summed E-state index contributed by atoms with van der Waals surface area (Å²) >= 11 is 6.70. The zero-order valence-electron chi connectivity index (χ0n) is 10.7. The molecule has 0 fully saturated rings. The van der Waals surface area contributed by atoms with Gasteiger partial charge in [0, 0.05) is 0 Å². The van der Waals surface area contributed by atoms with Crippen LogP contribution in [-0.2, 0) is 6.42 Å². The van der Waals surface area contributed by atoms with Crippen LogP contribution in [0.5, 0.6) is 11.5 Å². The molecule has 2 nitrogen and oxygen atoms in total. The maximum absolute atomic E-state index is 9.73. The average Bonchev–Trinajstić information content (AvgIpc) is 2.33. The Labute approximate surface area is 129 Å². The highest BCUT2D eigenvalue weighted by atomic mass is 79.9. The van der Waals surface area contributed by atoms with Crippen molar-refractivity contribution in [3.63, 3.8) is 0 Å². The van der Waals surface area contributed by atoms with Crippen molar-refractivity contribution in [2.75, 3.05) is 0 Å². The third-order valence-corrected chi connectivity index (χ3v) is 4.24. The minimum absolute atomic E-state index is 0.284. The van der Waals surface area contributed by atoms with Gasteiger partial charge in [0.2, 0.25) is 0 Å². The van der Waals surface area contributed by atoms with Crippen LogP contribution in [0.25, 0.3) is 0 Å². The third-order valence-electron chi connectivity index (χ3n) is 3.04. The molecule has 2 aromatic carbocycles. The van der Waals surface area contributed by atoms with Crippen LogP contribution in [0.15, 0.2) is 33.2 Å². The van der Waals surface area contributed by atoms with Crippen molar-refractivity contribution in [3.8, 4) is 11.5 Å². The van der Waals surface area contributed by atoms with Crippen LogP contribution in [0.2, 0.25) is 0 Å². The van der Waals surface area contributed by atoms with Gasteiger partial charge in [-0.05, 0) is 86.5 Å². The van der Waals surface area contributed by atoms with Crippen LogP contribution < -0.4 is 0 Å². The van der Waals surface area contributed by atoms with Crippen LogP contribution in [-0.4, -0.2) is 10.2 Å². The fourth-order valence-corrected chi connectivity index (χ4v) is 3.27. The quantitative estimate of drug-likeness (QED) is 0.777. The fraction of sp³-hybridized carbons (Fsp3) is 0.200. The first kappa shape index (κ1) is 14.4. The summed E-state index contributed by atoms with van der Waals surface area (Å²) in [5.74, 6) is 0.568. The molecule has 0 unspecified atom stereocenters. The highest BCUT2D eigenvalue weighted by Crippen LogP contribution is 2.32. The molecule has 0 saturated carbocycles. The van der Waals surface area contributed by atoms with E-state index in [-0.39, 0.29) is 11.5 Å². The van der Waals surface area contributed by atoms with Crippen LogP contribution in [0, 0.1) is 13.8 Å². The SMILES string of the molecule is Cc1cc(Cc2cc(C)c(O)c(Br)c2)cc(Br)c1O. The van der Waals surface area contributed by atoms with Crippen LogP contribution in [0.3, 0.4) is 0 Å². The van der Waals surface area contributed by atoms with E-state index in [1.807, 2.05) is 38.1 Å². The molecule has 0 aliphatic heterocycles. The highest BCUT2D eigenvalue weighted by molar-refractivity contribution is 9.10. The summed E-state index contributed by atoms with van der Waals surface area (Å²) in [6, 6.07) is 7.77. The van der Waals surface area contributed by atoms with Crippen LogP contribution >= 0.6 is 31.9 Å². The summed E-state index contributed by atoms with van der Waals surface area (Å²) in [6.07, 6.45) is 0.749. The molecule has 100 valence electrons. The van der Waals surface area contributed by atoms with Crippen LogP contribution in [0.4, 0.5) is 0 Å². The number of hydrogen-bond acceptors (Lipinski definition) is 2. The Kier molecular flexibility index (Phi) is 4.21. The zero-order valence-corrected chi connectivity index (χ0v) is 13.8. The highest BCUT2D eigenvalue weighted by Gasteiger charge is 2.08. The van der Waals surface area contributed by atoms with Crippen molar-refractivity contribution in [2.24, 2.45) is 0 Å². The molecule has 0 heterocycles. The first-order chi connectivity index (χ1) is 8.88. The Balaban J connectivity index is 2.36. The molecule has 0 spiro atoms. The van der Waals surface area contributed by atoms with Gasteiger partial charge in [-0.1, -0.05) is 12.1 Å². The van der Waals surface area contributed by atoms with E-state index < -0.39 is 0 Å². The summed E-state index contributed by atoms with van der Waals surface area (Å²) in [5.41, 5.74) is 3.91. The van der Waals surface area contributed by atoms with Gasteiger partial charge < -0.3 is 10.2 Å². The summed E-state index contributed by atoms with van der Waals surface area (Å²) in [4.78, 5) is 0. The molecule has 0 saturated heterocycles. The molecule has 2 N–H and O–H groups in total. The second kappa shape index (κ2) is 5.55. The number of benzene rings is 2. The molecule has 0 amide bonds. The monoisotopic (exact) mass is 384 g/mol. The van der Waals surface area contributed by atoms with Crippen molar-refractivity contribution in [2.45, 2.75) is 20.3 Å². The average molecular weight is 386 g/mol. The predicted molar refractivity (Wildman–Crippen MR) is 83.9 cm³/mol. The van der Waals surface area contributed by atoms with E-state index in [2.05, 4.69) is 31.9 Å². The molecular weight excluding hydrogens is 372 g/mol. The second-order valence-electron chi connectivity index (χ2n) is 4.66. The Morgan fingerprint density at radius 1 is 0.789 bits per heavy atom. The van der Waals surface area contributed by atoms with E-state index in [0.717, 1.165) is 28.7 Å². The van der Waals surface area contributed by atoms with Crippen molar-refractivity contribution in [3.05, 3.63) is 55.5 Å². The van der Waals surface area contributed by atoms with Gasteiger partial charge in [0.1, 0.15) is 11.5 Å². The van der Waals surface area contributed by atoms with E-state index in [4.69, 9.17) is 0 Å². The van der Waals surface area contributed by atoms with E-state index in [0.29, 0.717) is 8.95 Å². The number of phenolic OH excluding ortho intramolecular Hbond substituents is 2. The standard InChI is InChI=1S/C15H14Br2O2/c1-8-3-10(6-12(16)14(8)18)5-11-4-9(2)15(19)13(17)7-11/h3-4,6-7,18-19H,5H2,1-2H3. The molecule has 19 heavy (non-hydrogen) atoms. The Bertz CT molecular complexity index is 535. The lowest BCUT2D eigenvalue weighted by molar-refractivity contribution is 0.467. The topological polar surface area (TPSA) is 40.5 Å². The van der Waals surface area contributed by atoms with Gasteiger partial charge in [0.25, 0.3) is 0 Å². The number of aromatic hydroxyl groups is 2. The summed E-state index contributed by atoms with van der Waals surface area (Å²) < 4.78 is 1.41. The molecule has 0 bridgehead atoms. The van der Waals surface area contributed by atoms with Crippen LogP contribution in [0.1, 0.15) is 22.3 Å². The largest absolute Gasteiger partial charge is 0.506 e. The van der Waals surface area contributed by atoms with Crippen molar-refractivity contribution in [1.82, 2.24) is 0 Å². The number of aryl methyl sites for hydroxylation is 2.